The van der Waals surface area contributed by atoms with Crippen molar-refractivity contribution < 1.29 is 19.1 Å². The van der Waals surface area contributed by atoms with Crippen molar-refractivity contribution in [2.24, 2.45) is 0 Å². The maximum absolute atomic E-state index is 12.3. The van der Waals surface area contributed by atoms with Crippen molar-refractivity contribution in [2.45, 2.75) is 46.0 Å². The highest BCUT2D eigenvalue weighted by molar-refractivity contribution is 7.80. The molecule has 0 saturated carbocycles. The van der Waals surface area contributed by atoms with E-state index in [1.54, 1.807) is 30.3 Å². The Balaban J connectivity index is 1.66. The largest absolute Gasteiger partial charge is 0.494 e. The third kappa shape index (κ3) is 9.34. The number of para-hydroxylation sites is 1. The van der Waals surface area contributed by atoms with Crippen LogP contribution < -0.4 is 25.6 Å². The Morgan fingerprint density at radius 3 is 2.34 bits per heavy atom. The minimum Gasteiger partial charge on any atom is -0.494 e. The van der Waals surface area contributed by atoms with Gasteiger partial charge < -0.3 is 9.47 Å². The van der Waals surface area contributed by atoms with E-state index in [1.165, 1.54) is 19.3 Å². The molecule has 2 rings (SSSR count). The maximum Gasteiger partial charge on any atom is 0.276 e. The summed E-state index contributed by atoms with van der Waals surface area (Å²) in [7, 11) is 0. The second-order valence-electron chi connectivity index (χ2n) is 7.30. The third-order valence-corrected chi connectivity index (χ3v) is 4.83. The van der Waals surface area contributed by atoms with Gasteiger partial charge in [-0.05, 0) is 61.5 Å². The van der Waals surface area contributed by atoms with Gasteiger partial charge in [-0.15, -0.1) is 0 Å². The van der Waals surface area contributed by atoms with Crippen molar-refractivity contribution in [3.63, 3.8) is 0 Å². The number of ether oxygens (including phenoxy) is 2. The molecular formula is C24H31N3O4S. The number of thiocarbonyl (C=S) groups is 1. The number of hydrogen-bond acceptors (Lipinski definition) is 5. The lowest BCUT2D eigenvalue weighted by Crippen LogP contribution is -2.49. The second-order valence-corrected chi connectivity index (χ2v) is 7.71. The van der Waals surface area contributed by atoms with Crippen LogP contribution in [0.4, 0.5) is 0 Å². The number of hydrogen-bond donors (Lipinski definition) is 3. The van der Waals surface area contributed by atoms with Crippen LogP contribution in [0.25, 0.3) is 0 Å². The number of rotatable bonds is 11. The fourth-order valence-electron chi connectivity index (χ4n) is 2.83. The molecule has 0 spiro atoms. The van der Waals surface area contributed by atoms with E-state index >= 15 is 0 Å². The lowest BCUT2D eigenvalue weighted by Gasteiger charge is -2.12. The molecule has 0 bridgehead atoms. The number of carbonyl (C=O) groups excluding carboxylic acids is 2. The summed E-state index contributed by atoms with van der Waals surface area (Å²) in [6, 6.07) is 14.2. The van der Waals surface area contributed by atoms with Gasteiger partial charge >= 0.3 is 0 Å². The molecule has 0 radical (unpaired) electrons. The van der Waals surface area contributed by atoms with Crippen molar-refractivity contribution in [1.82, 2.24) is 16.2 Å². The molecule has 0 saturated heterocycles. The number of hydrazine groups is 1. The summed E-state index contributed by atoms with van der Waals surface area (Å²) in [6.45, 7) is 4.56. The number of nitrogens with one attached hydrogen (secondary N) is 3. The Morgan fingerprint density at radius 2 is 1.62 bits per heavy atom. The highest BCUT2D eigenvalue weighted by Crippen LogP contribution is 2.16. The van der Waals surface area contributed by atoms with E-state index in [0.29, 0.717) is 17.9 Å². The Morgan fingerprint density at radius 1 is 0.906 bits per heavy atom. The number of benzene rings is 2. The molecule has 32 heavy (non-hydrogen) atoms. The van der Waals surface area contributed by atoms with Crippen LogP contribution in [0.3, 0.4) is 0 Å². The van der Waals surface area contributed by atoms with Crippen LogP contribution in [-0.2, 0) is 4.79 Å². The normalized spacial score (nSPS) is 10.2. The van der Waals surface area contributed by atoms with Crippen molar-refractivity contribution in [3.05, 3.63) is 59.7 Å². The van der Waals surface area contributed by atoms with Gasteiger partial charge in [0.25, 0.3) is 11.8 Å². The fraction of sp³-hybridized carbons (Fsp3) is 0.375. The zero-order valence-corrected chi connectivity index (χ0v) is 19.4. The van der Waals surface area contributed by atoms with E-state index < -0.39 is 5.91 Å². The second kappa shape index (κ2) is 14.0. The first-order chi connectivity index (χ1) is 15.5. The molecule has 3 N–H and O–H groups in total. The molecule has 2 aromatic rings. The van der Waals surface area contributed by atoms with Gasteiger partial charge in [-0.3, -0.25) is 25.8 Å². The quantitative estimate of drug-likeness (QED) is 0.268. The zero-order valence-electron chi connectivity index (χ0n) is 18.6. The zero-order chi connectivity index (χ0) is 23.2. The number of aryl methyl sites for hydroxylation is 1. The summed E-state index contributed by atoms with van der Waals surface area (Å²) < 4.78 is 11.2. The van der Waals surface area contributed by atoms with Crippen LogP contribution >= 0.6 is 12.2 Å². The molecule has 0 fully saturated rings. The summed E-state index contributed by atoms with van der Waals surface area (Å²) in [5, 5.41) is 2.49. The molecule has 0 aromatic heterocycles. The average Bonchev–Trinajstić information content (AvgIpc) is 2.80. The van der Waals surface area contributed by atoms with Crippen molar-refractivity contribution >= 4 is 29.1 Å². The highest BCUT2D eigenvalue weighted by atomic mass is 32.1. The van der Waals surface area contributed by atoms with Crippen LogP contribution in [0.5, 0.6) is 11.5 Å². The van der Waals surface area contributed by atoms with Crippen LogP contribution in [0.1, 0.15) is 54.9 Å². The fourth-order valence-corrected chi connectivity index (χ4v) is 2.97. The van der Waals surface area contributed by atoms with Gasteiger partial charge in [0.2, 0.25) is 0 Å². The first-order valence-corrected chi connectivity index (χ1v) is 11.2. The molecule has 2 amide bonds. The average molecular weight is 458 g/mol. The van der Waals surface area contributed by atoms with E-state index in [9.17, 15) is 9.59 Å². The predicted molar refractivity (Wildman–Crippen MR) is 129 cm³/mol. The molecular weight excluding hydrogens is 426 g/mol. The van der Waals surface area contributed by atoms with Crippen LogP contribution in [0, 0.1) is 6.92 Å². The minimum atomic E-state index is -0.430. The first-order valence-electron chi connectivity index (χ1n) is 10.8. The standard InChI is InChI=1S/C24H31N3O4S/c1-3-4-5-6-9-16-30-20-14-12-19(13-15-20)23(29)25-24(32)27-26-22(28)17-31-21-11-8-7-10-18(21)2/h7-8,10-15H,3-6,9,16-17H2,1-2H3,(H,26,28)(H2,25,27,29,32). The van der Waals surface area contributed by atoms with Gasteiger partial charge in [-0.1, -0.05) is 50.8 Å². The van der Waals surface area contributed by atoms with Gasteiger partial charge in [0.15, 0.2) is 11.7 Å². The molecule has 0 atom stereocenters. The molecule has 172 valence electrons. The summed E-state index contributed by atoms with van der Waals surface area (Å²) in [4.78, 5) is 24.2. The summed E-state index contributed by atoms with van der Waals surface area (Å²) >= 11 is 5.05. The van der Waals surface area contributed by atoms with Gasteiger partial charge in [-0.25, -0.2) is 0 Å². The highest BCUT2D eigenvalue weighted by Gasteiger charge is 2.10. The van der Waals surface area contributed by atoms with Gasteiger partial charge in [-0.2, -0.15) is 0 Å². The summed E-state index contributed by atoms with van der Waals surface area (Å²) in [6.07, 6.45) is 5.88. The van der Waals surface area contributed by atoms with Crippen molar-refractivity contribution in [3.8, 4) is 11.5 Å². The topological polar surface area (TPSA) is 88.7 Å². The summed E-state index contributed by atoms with van der Waals surface area (Å²) in [5.74, 6) is 0.529. The lowest BCUT2D eigenvalue weighted by molar-refractivity contribution is -0.123. The van der Waals surface area contributed by atoms with E-state index in [1.807, 2.05) is 25.1 Å². The monoisotopic (exact) mass is 457 g/mol. The third-order valence-electron chi connectivity index (χ3n) is 4.63. The van der Waals surface area contributed by atoms with E-state index in [-0.39, 0.29) is 17.6 Å². The Hall–Kier alpha value is -3.13. The Bertz CT molecular complexity index is 887. The van der Waals surface area contributed by atoms with Crippen LogP contribution in [0.15, 0.2) is 48.5 Å². The summed E-state index contributed by atoms with van der Waals surface area (Å²) in [5.41, 5.74) is 6.24. The van der Waals surface area contributed by atoms with Gasteiger partial charge in [0.05, 0.1) is 6.61 Å². The predicted octanol–water partition coefficient (Wildman–Crippen LogP) is 4.06. The van der Waals surface area contributed by atoms with Gasteiger partial charge in [0, 0.05) is 5.56 Å². The Kier molecular flexibility index (Phi) is 11.0. The molecule has 0 unspecified atom stereocenters. The smallest absolute Gasteiger partial charge is 0.276 e. The lowest BCUT2D eigenvalue weighted by atomic mass is 10.2. The molecule has 0 aliphatic carbocycles. The molecule has 2 aromatic carbocycles. The molecule has 0 heterocycles. The van der Waals surface area contributed by atoms with Gasteiger partial charge in [0.1, 0.15) is 11.5 Å². The number of amides is 2. The molecule has 7 nitrogen and oxygen atoms in total. The minimum absolute atomic E-state index is 0.0216. The Labute approximate surface area is 194 Å². The van der Waals surface area contributed by atoms with Crippen molar-refractivity contribution in [2.75, 3.05) is 13.2 Å². The maximum atomic E-state index is 12.3. The van der Waals surface area contributed by atoms with Crippen molar-refractivity contribution in [1.29, 1.82) is 0 Å². The van der Waals surface area contributed by atoms with E-state index in [4.69, 9.17) is 21.7 Å². The van der Waals surface area contributed by atoms with E-state index in [0.717, 1.165) is 24.2 Å². The molecule has 0 aliphatic heterocycles. The molecule has 0 aliphatic rings. The van der Waals surface area contributed by atoms with Crippen LogP contribution in [-0.4, -0.2) is 30.1 Å². The van der Waals surface area contributed by atoms with Crippen LogP contribution in [0.2, 0.25) is 0 Å². The number of unbranched alkanes of at least 4 members (excludes halogenated alkanes) is 4. The SMILES string of the molecule is CCCCCCCOc1ccc(C(=O)NC(=S)NNC(=O)COc2ccccc2C)cc1. The number of carbonyl (C=O) groups is 2. The first kappa shape index (κ1) is 25.1. The molecule has 8 heteroatoms. The van der Waals surface area contributed by atoms with E-state index in [2.05, 4.69) is 23.1 Å².